The topological polar surface area (TPSA) is 41.6 Å². The van der Waals surface area contributed by atoms with Crippen molar-refractivity contribution in [2.45, 2.75) is 19.5 Å². The Balaban J connectivity index is 1.77. The first-order chi connectivity index (χ1) is 9.92. The van der Waals surface area contributed by atoms with Crippen LogP contribution >= 0.6 is 11.8 Å². The predicted octanol–water partition coefficient (Wildman–Crippen LogP) is 3.17. The molecule has 3 heterocycles. The molecule has 0 unspecified atom stereocenters. The third-order valence-electron chi connectivity index (χ3n) is 3.07. The lowest BCUT2D eigenvalue weighted by molar-refractivity contribution is 0.360. The van der Waals surface area contributed by atoms with Gasteiger partial charge in [-0.05, 0) is 30.2 Å². The summed E-state index contributed by atoms with van der Waals surface area (Å²) >= 11 is 1.83. The molecule has 0 radical (unpaired) electrons. The summed E-state index contributed by atoms with van der Waals surface area (Å²) in [5.41, 5.74) is 1.19. The second-order valence-corrected chi connectivity index (χ2v) is 5.73. The van der Waals surface area contributed by atoms with Crippen molar-refractivity contribution in [1.29, 1.82) is 0 Å². The van der Waals surface area contributed by atoms with Crippen LogP contribution in [0.4, 0.5) is 0 Å². The first-order valence-electron chi connectivity index (χ1n) is 6.75. The molecule has 0 atom stereocenters. The van der Waals surface area contributed by atoms with Gasteiger partial charge in [-0.3, -0.25) is 9.98 Å². The van der Waals surface area contributed by atoms with E-state index in [0.717, 1.165) is 42.7 Å². The fourth-order valence-corrected chi connectivity index (χ4v) is 3.08. The minimum Gasteiger partial charge on any atom is -0.467 e. The van der Waals surface area contributed by atoms with Crippen LogP contribution in [0.3, 0.4) is 0 Å². The molecule has 0 amide bonds. The van der Waals surface area contributed by atoms with Crippen molar-refractivity contribution < 1.29 is 4.42 Å². The van der Waals surface area contributed by atoms with E-state index in [-0.39, 0.29) is 0 Å². The second kappa shape index (κ2) is 6.61. The molecule has 0 spiro atoms. The summed E-state index contributed by atoms with van der Waals surface area (Å²) in [5, 5.41) is 1.11. The molecule has 1 aliphatic heterocycles. The van der Waals surface area contributed by atoms with E-state index < -0.39 is 0 Å². The third-order valence-corrected chi connectivity index (χ3v) is 4.21. The molecule has 4 nitrogen and oxygen atoms in total. The Bertz CT molecular complexity index is 554. The zero-order valence-electron chi connectivity index (χ0n) is 11.2. The van der Waals surface area contributed by atoms with E-state index in [2.05, 4.69) is 20.9 Å². The number of amidine groups is 1. The van der Waals surface area contributed by atoms with Gasteiger partial charge in [-0.1, -0.05) is 17.8 Å². The Morgan fingerprint density at radius 2 is 2.25 bits per heavy atom. The van der Waals surface area contributed by atoms with Crippen molar-refractivity contribution >= 4 is 16.9 Å². The SMILES string of the molecule is c1cncc(CN(Cc2ccco2)C2=NCCCS2)c1. The van der Waals surface area contributed by atoms with Gasteiger partial charge in [0.1, 0.15) is 5.76 Å². The van der Waals surface area contributed by atoms with Crippen LogP contribution in [-0.2, 0) is 13.1 Å². The van der Waals surface area contributed by atoms with Crippen molar-refractivity contribution in [2.75, 3.05) is 12.3 Å². The van der Waals surface area contributed by atoms with Crippen molar-refractivity contribution in [3.63, 3.8) is 0 Å². The summed E-state index contributed by atoms with van der Waals surface area (Å²) in [6.45, 7) is 2.47. The highest BCUT2D eigenvalue weighted by atomic mass is 32.2. The Morgan fingerprint density at radius 1 is 1.25 bits per heavy atom. The monoisotopic (exact) mass is 287 g/mol. The molecular weight excluding hydrogens is 270 g/mol. The van der Waals surface area contributed by atoms with Crippen LogP contribution in [-0.4, -0.2) is 27.3 Å². The number of aliphatic imine (C=N–C) groups is 1. The number of thioether (sulfide) groups is 1. The Kier molecular flexibility index (Phi) is 4.38. The highest BCUT2D eigenvalue weighted by Crippen LogP contribution is 2.20. The molecule has 1 aliphatic rings. The van der Waals surface area contributed by atoms with Gasteiger partial charge in [0.05, 0.1) is 12.8 Å². The lowest BCUT2D eigenvalue weighted by Crippen LogP contribution is -2.29. The maximum absolute atomic E-state index is 5.47. The second-order valence-electron chi connectivity index (χ2n) is 4.66. The first kappa shape index (κ1) is 13.2. The van der Waals surface area contributed by atoms with Gasteiger partial charge in [-0.2, -0.15) is 0 Å². The van der Waals surface area contributed by atoms with Gasteiger partial charge < -0.3 is 9.32 Å². The number of furan rings is 1. The number of pyridine rings is 1. The van der Waals surface area contributed by atoms with Gasteiger partial charge in [0.25, 0.3) is 0 Å². The van der Waals surface area contributed by atoms with E-state index in [1.165, 1.54) is 5.56 Å². The van der Waals surface area contributed by atoms with Crippen molar-refractivity contribution in [3.05, 3.63) is 54.2 Å². The van der Waals surface area contributed by atoms with Crippen LogP contribution in [0.5, 0.6) is 0 Å². The lowest BCUT2D eigenvalue weighted by atomic mass is 10.2. The van der Waals surface area contributed by atoms with Crippen LogP contribution in [0.1, 0.15) is 17.7 Å². The highest BCUT2D eigenvalue weighted by molar-refractivity contribution is 8.13. The molecule has 5 heteroatoms. The molecule has 3 rings (SSSR count). The highest BCUT2D eigenvalue weighted by Gasteiger charge is 2.16. The summed E-state index contributed by atoms with van der Waals surface area (Å²) in [6, 6.07) is 7.99. The smallest absolute Gasteiger partial charge is 0.159 e. The number of nitrogens with zero attached hydrogens (tertiary/aromatic N) is 3. The molecule has 0 aromatic carbocycles. The van der Waals surface area contributed by atoms with Gasteiger partial charge in [0.2, 0.25) is 0 Å². The largest absolute Gasteiger partial charge is 0.467 e. The van der Waals surface area contributed by atoms with E-state index >= 15 is 0 Å². The van der Waals surface area contributed by atoms with Crippen LogP contribution in [0.25, 0.3) is 0 Å². The summed E-state index contributed by atoms with van der Waals surface area (Å²) in [6.07, 6.45) is 6.58. The number of aromatic nitrogens is 1. The van der Waals surface area contributed by atoms with Crippen LogP contribution < -0.4 is 0 Å². The Morgan fingerprint density at radius 3 is 2.95 bits per heavy atom. The minimum absolute atomic E-state index is 0.744. The fraction of sp³-hybridized carbons (Fsp3) is 0.333. The van der Waals surface area contributed by atoms with Gasteiger partial charge in [0, 0.05) is 31.2 Å². The Hall–Kier alpha value is -1.75. The normalized spacial score (nSPS) is 14.9. The number of hydrogen-bond donors (Lipinski definition) is 0. The van der Waals surface area contributed by atoms with E-state index in [4.69, 9.17) is 4.42 Å². The van der Waals surface area contributed by atoms with Crippen LogP contribution in [0.2, 0.25) is 0 Å². The van der Waals surface area contributed by atoms with Gasteiger partial charge in [-0.15, -0.1) is 0 Å². The fourth-order valence-electron chi connectivity index (χ4n) is 2.13. The molecule has 0 N–H and O–H groups in total. The average molecular weight is 287 g/mol. The van der Waals surface area contributed by atoms with E-state index in [1.54, 1.807) is 12.5 Å². The van der Waals surface area contributed by atoms with Gasteiger partial charge >= 0.3 is 0 Å². The molecule has 0 bridgehead atoms. The number of hydrogen-bond acceptors (Lipinski definition) is 5. The summed E-state index contributed by atoms with van der Waals surface area (Å²) in [5.74, 6) is 2.10. The standard InChI is InChI=1S/C15H17N3OS/c1-4-13(10-16-6-1)11-18(12-14-5-2-8-19-14)15-17-7-3-9-20-15/h1-2,4-6,8,10H,3,7,9,11-12H2. The zero-order valence-corrected chi connectivity index (χ0v) is 12.1. The maximum atomic E-state index is 5.47. The number of rotatable bonds is 4. The van der Waals surface area contributed by atoms with E-state index in [1.807, 2.05) is 36.2 Å². The zero-order chi connectivity index (χ0) is 13.6. The average Bonchev–Trinajstić information content (AvgIpc) is 3.02. The molecule has 0 saturated heterocycles. The van der Waals surface area contributed by atoms with Crippen molar-refractivity contribution in [1.82, 2.24) is 9.88 Å². The van der Waals surface area contributed by atoms with E-state index in [9.17, 15) is 0 Å². The molecule has 0 aliphatic carbocycles. The molecule has 0 fully saturated rings. The van der Waals surface area contributed by atoms with Crippen molar-refractivity contribution in [3.8, 4) is 0 Å². The predicted molar refractivity (Wildman–Crippen MR) is 81.6 cm³/mol. The van der Waals surface area contributed by atoms with Gasteiger partial charge in [-0.25, -0.2) is 0 Å². The lowest BCUT2D eigenvalue weighted by Gasteiger charge is -2.26. The summed E-state index contributed by atoms with van der Waals surface area (Å²) in [7, 11) is 0. The quantitative estimate of drug-likeness (QED) is 0.866. The molecule has 2 aromatic rings. The summed E-state index contributed by atoms with van der Waals surface area (Å²) < 4.78 is 5.47. The molecular formula is C15H17N3OS. The maximum Gasteiger partial charge on any atom is 0.159 e. The third kappa shape index (κ3) is 3.42. The van der Waals surface area contributed by atoms with Crippen molar-refractivity contribution in [2.24, 2.45) is 4.99 Å². The molecule has 20 heavy (non-hydrogen) atoms. The Labute approximate surface area is 122 Å². The summed E-state index contributed by atoms with van der Waals surface area (Å²) in [4.78, 5) is 11.1. The van der Waals surface area contributed by atoms with Gasteiger partial charge in [0.15, 0.2) is 5.17 Å². The molecule has 2 aromatic heterocycles. The first-order valence-corrected chi connectivity index (χ1v) is 7.74. The molecule has 0 saturated carbocycles. The van der Waals surface area contributed by atoms with Crippen LogP contribution in [0.15, 0.2) is 52.3 Å². The molecule has 104 valence electrons. The minimum atomic E-state index is 0.744. The van der Waals surface area contributed by atoms with Crippen LogP contribution in [0, 0.1) is 0 Å². The van der Waals surface area contributed by atoms with E-state index in [0.29, 0.717) is 0 Å².